The highest BCUT2D eigenvalue weighted by atomic mass is 19.1. The van der Waals surface area contributed by atoms with Crippen LogP contribution in [0.2, 0.25) is 0 Å². The summed E-state index contributed by atoms with van der Waals surface area (Å²) in [4.78, 5) is 10.5. The van der Waals surface area contributed by atoms with Crippen LogP contribution in [0.3, 0.4) is 0 Å². The SMILES string of the molecule is CCCOc1ccc(CNC(=NC)NC2CCN(c3ccc(F)cc3F)C2)cn1. The quantitative estimate of drug-likeness (QED) is 0.550. The highest BCUT2D eigenvalue weighted by Crippen LogP contribution is 2.24. The van der Waals surface area contributed by atoms with Crippen LogP contribution >= 0.6 is 0 Å². The number of halogens is 2. The molecule has 1 atom stereocenters. The average molecular weight is 403 g/mol. The van der Waals surface area contributed by atoms with Crippen molar-refractivity contribution in [2.45, 2.75) is 32.4 Å². The number of nitrogens with one attached hydrogen (secondary N) is 2. The van der Waals surface area contributed by atoms with E-state index in [9.17, 15) is 8.78 Å². The molecule has 0 bridgehead atoms. The van der Waals surface area contributed by atoms with Crippen molar-refractivity contribution in [1.29, 1.82) is 0 Å². The third kappa shape index (κ3) is 5.79. The molecule has 1 aliphatic heterocycles. The number of nitrogens with zero attached hydrogens (tertiary/aromatic N) is 3. The van der Waals surface area contributed by atoms with Crippen molar-refractivity contribution in [1.82, 2.24) is 15.6 Å². The molecule has 0 aliphatic carbocycles. The summed E-state index contributed by atoms with van der Waals surface area (Å²) in [6.07, 6.45) is 3.56. The van der Waals surface area contributed by atoms with Gasteiger partial charge in [-0.2, -0.15) is 0 Å². The fourth-order valence-corrected chi connectivity index (χ4v) is 3.22. The van der Waals surface area contributed by atoms with Gasteiger partial charge in [-0.15, -0.1) is 0 Å². The molecule has 1 saturated heterocycles. The van der Waals surface area contributed by atoms with Crippen LogP contribution in [0.4, 0.5) is 14.5 Å². The maximum absolute atomic E-state index is 14.0. The van der Waals surface area contributed by atoms with E-state index in [0.29, 0.717) is 43.8 Å². The third-order valence-electron chi connectivity index (χ3n) is 4.71. The standard InChI is InChI=1S/C21H27F2N5O/c1-3-10-29-20-7-4-15(12-25-20)13-26-21(24-2)27-17-8-9-28(14-17)19-6-5-16(22)11-18(19)23/h4-7,11-12,17H,3,8-10,13-14H2,1-2H3,(H2,24,26,27). The second kappa shape index (κ2) is 10.0. The highest BCUT2D eigenvalue weighted by Gasteiger charge is 2.25. The number of guanidine groups is 1. The predicted molar refractivity (Wildman–Crippen MR) is 110 cm³/mol. The first-order chi connectivity index (χ1) is 14.1. The molecular formula is C21H27F2N5O. The minimum Gasteiger partial charge on any atom is -0.478 e. The Bertz CT molecular complexity index is 828. The number of rotatable bonds is 7. The van der Waals surface area contributed by atoms with Crippen LogP contribution in [0.1, 0.15) is 25.3 Å². The lowest BCUT2D eigenvalue weighted by atomic mass is 10.2. The van der Waals surface area contributed by atoms with E-state index >= 15 is 0 Å². The van der Waals surface area contributed by atoms with E-state index in [1.165, 1.54) is 12.1 Å². The van der Waals surface area contributed by atoms with E-state index in [4.69, 9.17) is 4.74 Å². The third-order valence-corrected chi connectivity index (χ3v) is 4.71. The van der Waals surface area contributed by atoms with Crippen molar-refractivity contribution in [3.63, 3.8) is 0 Å². The van der Waals surface area contributed by atoms with E-state index in [2.05, 4.69) is 27.5 Å². The van der Waals surface area contributed by atoms with Gasteiger partial charge < -0.3 is 20.3 Å². The molecule has 0 spiro atoms. The summed E-state index contributed by atoms with van der Waals surface area (Å²) in [5, 5.41) is 6.63. The van der Waals surface area contributed by atoms with Gasteiger partial charge in [0.1, 0.15) is 11.6 Å². The van der Waals surface area contributed by atoms with Crippen molar-refractivity contribution in [2.75, 3.05) is 31.6 Å². The summed E-state index contributed by atoms with van der Waals surface area (Å²) in [6, 6.07) is 7.63. The van der Waals surface area contributed by atoms with Gasteiger partial charge in [-0.05, 0) is 30.5 Å². The minimum atomic E-state index is -0.566. The summed E-state index contributed by atoms with van der Waals surface area (Å²) >= 11 is 0. The summed E-state index contributed by atoms with van der Waals surface area (Å²) in [5.74, 6) is 0.191. The predicted octanol–water partition coefficient (Wildman–Crippen LogP) is 3.09. The first-order valence-electron chi connectivity index (χ1n) is 9.84. The van der Waals surface area contributed by atoms with Crippen LogP contribution in [-0.4, -0.2) is 43.7 Å². The summed E-state index contributed by atoms with van der Waals surface area (Å²) in [5.41, 5.74) is 1.44. The molecule has 156 valence electrons. The smallest absolute Gasteiger partial charge is 0.213 e. The van der Waals surface area contributed by atoms with Crippen molar-refractivity contribution in [3.05, 3.63) is 53.7 Å². The summed E-state index contributed by atoms with van der Waals surface area (Å²) < 4.78 is 32.6. The number of hydrogen-bond acceptors (Lipinski definition) is 4. The van der Waals surface area contributed by atoms with Gasteiger partial charge in [-0.25, -0.2) is 13.8 Å². The number of pyridine rings is 1. The molecule has 0 radical (unpaired) electrons. The number of aliphatic imine (C=N–C) groups is 1. The van der Waals surface area contributed by atoms with Gasteiger partial charge >= 0.3 is 0 Å². The van der Waals surface area contributed by atoms with Crippen molar-refractivity contribution in [2.24, 2.45) is 4.99 Å². The molecule has 0 saturated carbocycles. The van der Waals surface area contributed by atoms with Gasteiger partial charge in [0, 0.05) is 51.1 Å². The van der Waals surface area contributed by atoms with Gasteiger partial charge in [0.25, 0.3) is 0 Å². The number of aromatic nitrogens is 1. The Labute approximate surface area is 170 Å². The summed E-state index contributed by atoms with van der Waals surface area (Å²) in [6.45, 7) is 4.59. The van der Waals surface area contributed by atoms with Gasteiger partial charge in [0.15, 0.2) is 5.96 Å². The minimum absolute atomic E-state index is 0.119. The van der Waals surface area contributed by atoms with Crippen molar-refractivity contribution in [3.8, 4) is 5.88 Å². The Morgan fingerprint density at radius 1 is 1.31 bits per heavy atom. The number of anilines is 1. The van der Waals surface area contributed by atoms with E-state index in [-0.39, 0.29) is 6.04 Å². The maximum atomic E-state index is 14.0. The van der Waals surface area contributed by atoms with Crippen molar-refractivity contribution >= 4 is 11.6 Å². The molecule has 0 amide bonds. The van der Waals surface area contributed by atoms with Crippen LogP contribution in [0, 0.1) is 11.6 Å². The largest absolute Gasteiger partial charge is 0.478 e. The van der Waals surface area contributed by atoms with Crippen LogP contribution < -0.4 is 20.3 Å². The number of hydrogen-bond donors (Lipinski definition) is 2. The van der Waals surface area contributed by atoms with E-state index in [1.807, 2.05) is 17.0 Å². The maximum Gasteiger partial charge on any atom is 0.213 e. The molecule has 6 nitrogen and oxygen atoms in total. The van der Waals surface area contributed by atoms with E-state index in [0.717, 1.165) is 24.5 Å². The topological polar surface area (TPSA) is 61.8 Å². The Hall–Kier alpha value is -2.90. The van der Waals surface area contributed by atoms with Crippen LogP contribution in [0.15, 0.2) is 41.5 Å². The normalized spacial score (nSPS) is 16.8. The molecule has 2 aromatic rings. The van der Waals surface area contributed by atoms with Crippen LogP contribution in [-0.2, 0) is 6.54 Å². The fraction of sp³-hybridized carbons (Fsp3) is 0.429. The Balaban J connectivity index is 1.49. The molecule has 1 aliphatic rings. The second-order valence-electron chi connectivity index (χ2n) is 6.95. The molecule has 1 aromatic heterocycles. The molecular weight excluding hydrogens is 376 g/mol. The number of benzene rings is 1. The molecule has 1 unspecified atom stereocenters. The van der Waals surface area contributed by atoms with Gasteiger partial charge in [-0.3, -0.25) is 4.99 Å². The molecule has 1 fully saturated rings. The van der Waals surface area contributed by atoms with Gasteiger partial charge in [-0.1, -0.05) is 13.0 Å². The second-order valence-corrected chi connectivity index (χ2v) is 6.95. The first kappa shape index (κ1) is 20.8. The molecule has 1 aromatic carbocycles. The fourth-order valence-electron chi connectivity index (χ4n) is 3.22. The molecule has 2 heterocycles. The zero-order valence-electron chi connectivity index (χ0n) is 16.8. The van der Waals surface area contributed by atoms with Crippen LogP contribution in [0.5, 0.6) is 5.88 Å². The highest BCUT2D eigenvalue weighted by molar-refractivity contribution is 5.80. The molecule has 3 rings (SSSR count). The average Bonchev–Trinajstić information content (AvgIpc) is 3.18. The zero-order chi connectivity index (χ0) is 20.6. The van der Waals surface area contributed by atoms with Gasteiger partial charge in [0.05, 0.1) is 12.3 Å². The zero-order valence-corrected chi connectivity index (χ0v) is 16.8. The lowest BCUT2D eigenvalue weighted by molar-refractivity contribution is 0.305. The monoisotopic (exact) mass is 403 g/mol. The lowest BCUT2D eigenvalue weighted by Gasteiger charge is -2.21. The molecule has 8 heteroatoms. The Morgan fingerprint density at radius 3 is 2.86 bits per heavy atom. The van der Waals surface area contributed by atoms with E-state index < -0.39 is 11.6 Å². The number of ether oxygens (including phenoxy) is 1. The van der Waals surface area contributed by atoms with Gasteiger partial charge in [0.2, 0.25) is 5.88 Å². The van der Waals surface area contributed by atoms with E-state index in [1.54, 1.807) is 13.2 Å². The molecule has 2 N–H and O–H groups in total. The lowest BCUT2D eigenvalue weighted by Crippen LogP contribution is -2.44. The van der Waals surface area contributed by atoms with Crippen molar-refractivity contribution < 1.29 is 13.5 Å². The first-order valence-corrected chi connectivity index (χ1v) is 9.84. The Morgan fingerprint density at radius 2 is 2.17 bits per heavy atom. The summed E-state index contributed by atoms with van der Waals surface area (Å²) in [7, 11) is 1.71. The molecule has 29 heavy (non-hydrogen) atoms. The Kier molecular flexibility index (Phi) is 7.21. The van der Waals surface area contributed by atoms with Crippen LogP contribution in [0.25, 0.3) is 0 Å².